The molecule has 0 bridgehead atoms. The zero-order valence-electron chi connectivity index (χ0n) is 18.2. The summed E-state index contributed by atoms with van der Waals surface area (Å²) >= 11 is 0. The van der Waals surface area contributed by atoms with Crippen LogP contribution >= 0.6 is 0 Å². The lowest BCUT2D eigenvalue weighted by atomic mass is 10.1. The zero-order valence-corrected chi connectivity index (χ0v) is 18.2. The van der Waals surface area contributed by atoms with Crippen molar-refractivity contribution in [3.63, 3.8) is 0 Å². The minimum Gasteiger partial charge on any atom is -0.454 e. The number of aromatic amines is 1. The smallest absolute Gasteiger partial charge is 0.350 e. The molecule has 1 aliphatic carbocycles. The van der Waals surface area contributed by atoms with Crippen molar-refractivity contribution in [3.05, 3.63) is 76.6 Å². The maximum absolute atomic E-state index is 13.0. The van der Waals surface area contributed by atoms with Crippen LogP contribution in [-0.4, -0.2) is 43.8 Å². The van der Waals surface area contributed by atoms with Gasteiger partial charge < -0.3 is 14.8 Å². The van der Waals surface area contributed by atoms with Crippen LogP contribution in [0, 0.1) is 0 Å². The number of fused-ring (bicyclic) bond motifs is 1. The van der Waals surface area contributed by atoms with Crippen molar-refractivity contribution >= 4 is 5.91 Å². The first kappa shape index (κ1) is 20.3. The lowest BCUT2D eigenvalue weighted by Crippen LogP contribution is -2.32. The van der Waals surface area contributed by atoms with E-state index in [0.29, 0.717) is 28.8 Å². The molecule has 172 valence electrons. The Hall–Kier alpha value is -4.34. The molecule has 1 aliphatic heterocycles. The number of hydrogen-bond donors (Lipinski definition) is 2. The topological polar surface area (TPSA) is 116 Å². The van der Waals surface area contributed by atoms with Crippen LogP contribution in [0.5, 0.6) is 11.5 Å². The van der Waals surface area contributed by atoms with Crippen LogP contribution in [0.15, 0.2) is 59.4 Å². The molecule has 0 saturated heterocycles. The minimum atomic E-state index is -0.308. The molecule has 34 heavy (non-hydrogen) atoms. The van der Waals surface area contributed by atoms with Crippen LogP contribution < -0.4 is 20.5 Å². The highest BCUT2D eigenvalue weighted by molar-refractivity contribution is 5.93. The highest BCUT2D eigenvalue weighted by Crippen LogP contribution is 2.39. The molecule has 0 spiro atoms. The van der Waals surface area contributed by atoms with Gasteiger partial charge >= 0.3 is 5.69 Å². The first-order chi connectivity index (χ1) is 16.7. The number of para-hydroxylation sites is 1. The quantitative estimate of drug-likeness (QED) is 0.440. The Kier molecular flexibility index (Phi) is 4.90. The van der Waals surface area contributed by atoms with Crippen molar-refractivity contribution in [1.29, 1.82) is 0 Å². The van der Waals surface area contributed by atoms with Crippen molar-refractivity contribution in [2.45, 2.75) is 25.3 Å². The maximum Gasteiger partial charge on any atom is 0.350 e. The number of amides is 1. The molecular weight excluding hydrogens is 436 g/mol. The van der Waals surface area contributed by atoms with Crippen molar-refractivity contribution in [2.24, 2.45) is 0 Å². The summed E-state index contributed by atoms with van der Waals surface area (Å²) in [5.41, 5.74) is 2.36. The molecule has 2 aliphatic rings. The number of H-pyrrole nitrogens is 1. The first-order valence-electron chi connectivity index (χ1n) is 11.2. The fraction of sp³-hybridized carbons (Fsp3) is 0.250. The number of carbonyl (C=O) groups excluding carboxylic acids is 1. The molecule has 3 heterocycles. The average Bonchev–Trinajstić information content (AvgIpc) is 3.26. The van der Waals surface area contributed by atoms with Crippen molar-refractivity contribution in [2.75, 3.05) is 13.3 Å². The number of carbonyl (C=O) groups is 1. The minimum absolute atomic E-state index is 0.196. The van der Waals surface area contributed by atoms with E-state index in [4.69, 9.17) is 9.47 Å². The van der Waals surface area contributed by atoms with E-state index >= 15 is 0 Å². The van der Waals surface area contributed by atoms with E-state index < -0.39 is 0 Å². The van der Waals surface area contributed by atoms with Gasteiger partial charge in [0.1, 0.15) is 11.5 Å². The standard InChI is InChI=1S/C24H22N6O4/c31-23(19-13-18(26-27-19)16-8-9-20-21(12-16)34-14-33-20)25-10-11-29-24(32)30(17-4-2-1-3-5-17)22(28-29)15-6-7-15/h1-5,8-9,12-13,15H,6-7,10-11,14H2,(H,25,31)(H,26,27). The molecule has 6 rings (SSSR count). The van der Waals surface area contributed by atoms with E-state index in [0.717, 1.165) is 29.9 Å². The lowest BCUT2D eigenvalue weighted by molar-refractivity contribution is 0.0946. The Labute approximate surface area is 194 Å². The number of nitrogens with one attached hydrogen (secondary N) is 2. The summed E-state index contributed by atoms with van der Waals surface area (Å²) in [5.74, 6) is 2.12. The summed E-state index contributed by atoms with van der Waals surface area (Å²) < 4.78 is 13.8. The third-order valence-corrected chi connectivity index (χ3v) is 5.92. The second-order valence-electron chi connectivity index (χ2n) is 8.30. The fourth-order valence-electron chi connectivity index (χ4n) is 4.01. The molecule has 2 aromatic heterocycles. The molecule has 2 N–H and O–H groups in total. The molecular formula is C24H22N6O4. The summed E-state index contributed by atoms with van der Waals surface area (Å²) in [6.45, 7) is 0.724. The van der Waals surface area contributed by atoms with E-state index in [1.165, 1.54) is 4.68 Å². The Morgan fingerprint density at radius 2 is 1.91 bits per heavy atom. The number of aromatic nitrogens is 5. The second-order valence-corrected chi connectivity index (χ2v) is 8.30. The van der Waals surface area contributed by atoms with Gasteiger partial charge in [0.15, 0.2) is 11.5 Å². The monoisotopic (exact) mass is 458 g/mol. The van der Waals surface area contributed by atoms with E-state index in [9.17, 15) is 9.59 Å². The van der Waals surface area contributed by atoms with Gasteiger partial charge in [-0.15, -0.1) is 0 Å². The number of nitrogens with zero attached hydrogens (tertiary/aromatic N) is 4. The van der Waals surface area contributed by atoms with Gasteiger partial charge in [-0.05, 0) is 49.2 Å². The summed E-state index contributed by atoms with van der Waals surface area (Å²) in [7, 11) is 0. The normalized spacial score (nSPS) is 14.4. The van der Waals surface area contributed by atoms with Gasteiger partial charge in [0.2, 0.25) is 6.79 Å². The molecule has 4 aromatic rings. The molecule has 1 saturated carbocycles. The molecule has 10 heteroatoms. The number of hydrogen-bond acceptors (Lipinski definition) is 6. The second kappa shape index (κ2) is 8.22. The fourth-order valence-corrected chi connectivity index (χ4v) is 4.01. The third-order valence-electron chi connectivity index (χ3n) is 5.92. The summed E-state index contributed by atoms with van der Waals surface area (Å²) in [4.78, 5) is 25.6. The molecule has 1 fully saturated rings. The van der Waals surface area contributed by atoms with Crippen LogP contribution in [0.25, 0.3) is 16.9 Å². The van der Waals surface area contributed by atoms with Crippen molar-refractivity contribution < 1.29 is 14.3 Å². The summed E-state index contributed by atoms with van der Waals surface area (Å²) in [6.07, 6.45) is 2.07. The molecule has 0 unspecified atom stereocenters. The van der Waals surface area contributed by atoms with Gasteiger partial charge in [-0.1, -0.05) is 18.2 Å². The van der Waals surface area contributed by atoms with Crippen LogP contribution in [0.2, 0.25) is 0 Å². The number of rotatable bonds is 7. The van der Waals surface area contributed by atoms with E-state index in [1.54, 1.807) is 10.6 Å². The zero-order chi connectivity index (χ0) is 23.1. The van der Waals surface area contributed by atoms with E-state index in [-0.39, 0.29) is 31.5 Å². The van der Waals surface area contributed by atoms with Gasteiger partial charge in [-0.2, -0.15) is 10.2 Å². The molecule has 0 atom stereocenters. The summed E-state index contributed by atoms with van der Waals surface area (Å²) in [5, 5.41) is 14.4. The molecule has 0 radical (unpaired) electrons. The van der Waals surface area contributed by atoms with Gasteiger partial charge in [-0.25, -0.2) is 14.0 Å². The first-order valence-corrected chi connectivity index (χ1v) is 11.2. The van der Waals surface area contributed by atoms with Gasteiger partial charge in [0.25, 0.3) is 5.91 Å². The predicted molar refractivity (Wildman–Crippen MR) is 122 cm³/mol. The van der Waals surface area contributed by atoms with Crippen LogP contribution in [0.3, 0.4) is 0 Å². The Morgan fingerprint density at radius 1 is 1.09 bits per heavy atom. The Bertz CT molecular complexity index is 1420. The highest BCUT2D eigenvalue weighted by atomic mass is 16.7. The van der Waals surface area contributed by atoms with Crippen LogP contribution in [-0.2, 0) is 6.54 Å². The molecule has 1 amide bonds. The maximum atomic E-state index is 13.0. The average molecular weight is 458 g/mol. The number of benzene rings is 2. The predicted octanol–water partition coefficient (Wildman–Crippen LogP) is 2.46. The SMILES string of the molecule is O=C(NCCn1nc(C2CC2)n(-c2ccccc2)c1=O)c1cc(-c2ccc3c(c2)OCO3)n[nH]1. The molecule has 10 nitrogen and oxygen atoms in total. The van der Waals surface area contributed by atoms with Gasteiger partial charge in [0, 0.05) is 18.0 Å². The van der Waals surface area contributed by atoms with Crippen LogP contribution in [0.1, 0.15) is 35.1 Å². The van der Waals surface area contributed by atoms with Gasteiger partial charge in [-0.3, -0.25) is 9.89 Å². The van der Waals surface area contributed by atoms with Crippen molar-refractivity contribution in [3.8, 4) is 28.4 Å². The van der Waals surface area contributed by atoms with E-state index in [1.807, 2.05) is 48.5 Å². The van der Waals surface area contributed by atoms with Gasteiger partial charge in [0.05, 0.1) is 17.9 Å². The van der Waals surface area contributed by atoms with E-state index in [2.05, 4.69) is 20.6 Å². The number of ether oxygens (including phenoxy) is 2. The third kappa shape index (κ3) is 3.72. The lowest BCUT2D eigenvalue weighted by Gasteiger charge is -2.04. The largest absolute Gasteiger partial charge is 0.454 e. The highest BCUT2D eigenvalue weighted by Gasteiger charge is 2.31. The van der Waals surface area contributed by atoms with Crippen molar-refractivity contribution in [1.82, 2.24) is 29.9 Å². The summed E-state index contributed by atoms with van der Waals surface area (Å²) in [6, 6.07) is 16.7. The Balaban J connectivity index is 1.13. The molecule has 2 aromatic carbocycles. The van der Waals surface area contributed by atoms with Crippen LogP contribution in [0.4, 0.5) is 0 Å². The Morgan fingerprint density at radius 3 is 2.74 bits per heavy atom.